The van der Waals surface area contributed by atoms with E-state index in [4.69, 9.17) is 4.52 Å². The normalized spacial score (nSPS) is 25.9. The maximum atomic E-state index is 13.1. The number of benzene rings is 1. The van der Waals surface area contributed by atoms with Crippen LogP contribution in [0.25, 0.3) is 11.4 Å². The Morgan fingerprint density at radius 2 is 2.07 bits per heavy atom. The van der Waals surface area contributed by atoms with Gasteiger partial charge in [0, 0.05) is 25.0 Å². The molecule has 2 aliphatic rings. The average Bonchev–Trinajstić information content (AvgIpc) is 3.50. The molecule has 3 aromatic rings. The van der Waals surface area contributed by atoms with E-state index in [1.165, 1.54) is 0 Å². The number of amides is 1. The van der Waals surface area contributed by atoms with Gasteiger partial charge in [-0.25, -0.2) is 4.98 Å². The molecule has 1 amide bonds. The molecule has 2 aromatic heterocycles. The average molecular weight is 377 g/mol. The van der Waals surface area contributed by atoms with Crippen molar-refractivity contribution < 1.29 is 9.32 Å². The van der Waals surface area contributed by atoms with E-state index in [0.717, 1.165) is 30.7 Å². The van der Waals surface area contributed by atoms with Gasteiger partial charge in [-0.15, -0.1) is 0 Å². The Kier molecular flexibility index (Phi) is 4.22. The van der Waals surface area contributed by atoms with Crippen molar-refractivity contribution in [2.24, 2.45) is 24.8 Å². The third-order valence-electron chi connectivity index (χ3n) is 6.32. The summed E-state index contributed by atoms with van der Waals surface area (Å²) in [5, 5.41) is 7.25. The van der Waals surface area contributed by atoms with E-state index in [9.17, 15) is 4.79 Å². The summed E-state index contributed by atoms with van der Waals surface area (Å²) in [7, 11) is 1.93. The molecule has 0 saturated heterocycles. The number of hydrogen-bond donors (Lipinski definition) is 1. The summed E-state index contributed by atoms with van der Waals surface area (Å²) in [5.74, 6) is 2.83. The van der Waals surface area contributed by atoms with Crippen LogP contribution in [0.2, 0.25) is 0 Å². The number of fused-ring (bicyclic) bond motifs is 2. The van der Waals surface area contributed by atoms with Crippen LogP contribution in [-0.4, -0.2) is 25.6 Å². The fourth-order valence-corrected chi connectivity index (χ4v) is 4.95. The molecular formula is C21H23N5O2. The van der Waals surface area contributed by atoms with E-state index in [-0.39, 0.29) is 17.7 Å². The van der Waals surface area contributed by atoms with Gasteiger partial charge in [0.05, 0.1) is 18.4 Å². The van der Waals surface area contributed by atoms with Gasteiger partial charge in [-0.2, -0.15) is 4.98 Å². The number of imidazole rings is 1. The summed E-state index contributed by atoms with van der Waals surface area (Å²) in [5.41, 5.74) is 0.927. The zero-order valence-corrected chi connectivity index (χ0v) is 15.8. The third kappa shape index (κ3) is 2.91. The molecule has 0 unspecified atom stereocenters. The highest BCUT2D eigenvalue weighted by molar-refractivity contribution is 5.80. The smallest absolute Gasteiger partial charge is 0.231 e. The van der Waals surface area contributed by atoms with Gasteiger partial charge in [0.2, 0.25) is 17.6 Å². The van der Waals surface area contributed by atoms with Crippen molar-refractivity contribution in [3.63, 3.8) is 0 Å². The second-order valence-electron chi connectivity index (χ2n) is 7.88. The molecular weight excluding hydrogens is 354 g/mol. The molecule has 144 valence electrons. The van der Waals surface area contributed by atoms with Gasteiger partial charge in [-0.1, -0.05) is 35.5 Å². The quantitative estimate of drug-likeness (QED) is 0.739. The number of nitrogens with zero attached hydrogens (tertiary/aromatic N) is 4. The summed E-state index contributed by atoms with van der Waals surface area (Å²) in [6, 6.07) is 9.80. The van der Waals surface area contributed by atoms with Crippen molar-refractivity contribution in [1.29, 1.82) is 0 Å². The highest BCUT2D eigenvalue weighted by atomic mass is 16.5. The Morgan fingerprint density at radius 3 is 2.86 bits per heavy atom. The van der Waals surface area contributed by atoms with E-state index in [0.29, 0.717) is 30.1 Å². The summed E-state index contributed by atoms with van der Waals surface area (Å²) < 4.78 is 7.57. The lowest BCUT2D eigenvalue weighted by atomic mass is 9.78. The molecule has 2 bridgehead atoms. The molecule has 4 atom stereocenters. The lowest BCUT2D eigenvalue weighted by molar-refractivity contribution is -0.127. The van der Waals surface area contributed by atoms with Crippen LogP contribution < -0.4 is 5.32 Å². The number of nitrogens with one attached hydrogen (secondary N) is 1. The molecule has 5 rings (SSSR count). The largest absolute Gasteiger partial charge is 0.349 e. The summed E-state index contributed by atoms with van der Waals surface area (Å²) >= 11 is 0. The van der Waals surface area contributed by atoms with Gasteiger partial charge in [-0.05, 0) is 31.1 Å². The lowest BCUT2D eigenvalue weighted by Gasteiger charge is -2.27. The Balaban J connectivity index is 1.37. The monoisotopic (exact) mass is 377 g/mol. The molecule has 7 nitrogen and oxygen atoms in total. The predicted molar refractivity (Wildman–Crippen MR) is 102 cm³/mol. The van der Waals surface area contributed by atoms with Crippen molar-refractivity contribution in [3.05, 3.63) is 54.4 Å². The number of aryl methyl sites for hydroxylation is 1. The van der Waals surface area contributed by atoms with Crippen LogP contribution in [0, 0.1) is 17.8 Å². The van der Waals surface area contributed by atoms with E-state index in [1.807, 2.05) is 48.1 Å². The van der Waals surface area contributed by atoms with E-state index < -0.39 is 0 Å². The molecule has 2 aliphatic carbocycles. The van der Waals surface area contributed by atoms with Crippen molar-refractivity contribution in [2.45, 2.75) is 31.7 Å². The fourth-order valence-electron chi connectivity index (χ4n) is 4.95. The Labute approximate surface area is 163 Å². The molecule has 1 N–H and O–H groups in total. The number of aromatic nitrogens is 4. The topological polar surface area (TPSA) is 85.8 Å². The lowest BCUT2D eigenvalue weighted by Crippen LogP contribution is -2.37. The van der Waals surface area contributed by atoms with Crippen LogP contribution in [0.3, 0.4) is 0 Å². The maximum Gasteiger partial charge on any atom is 0.231 e. The van der Waals surface area contributed by atoms with Crippen LogP contribution in [0.15, 0.2) is 47.2 Å². The number of rotatable bonds is 5. The summed E-state index contributed by atoms with van der Waals surface area (Å²) in [6.45, 7) is 0.433. The first kappa shape index (κ1) is 17.2. The Hall–Kier alpha value is -2.96. The minimum absolute atomic E-state index is 0.00471. The second-order valence-corrected chi connectivity index (χ2v) is 7.88. The van der Waals surface area contributed by atoms with Crippen LogP contribution >= 0.6 is 0 Å². The van der Waals surface area contributed by atoms with Crippen LogP contribution in [0.4, 0.5) is 0 Å². The Morgan fingerprint density at radius 1 is 1.25 bits per heavy atom. The molecule has 0 spiro atoms. The zero-order valence-electron chi connectivity index (χ0n) is 15.8. The van der Waals surface area contributed by atoms with Crippen LogP contribution in [-0.2, 0) is 18.4 Å². The number of hydrogen-bond acceptors (Lipinski definition) is 5. The maximum absolute atomic E-state index is 13.1. The van der Waals surface area contributed by atoms with Crippen LogP contribution in [0.5, 0.6) is 0 Å². The summed E-state index contributed by atoms with van der Waals surface area (Å²) in [4.78, 5) is 22.0. The van der Waals surface area contributed by atoms with E-state index >= 15 is 0 Å². The third-order valence-corrected chi connectivity index (χ3v) is 6.32. The molecule has 2 saturated carbocycles. The predicted octanol–water partition coefficient (Wildman–Crippen LogP) is 2.92. The van der Waals surface area contributed by atoms with Crippen molar-refractivity contribution in [1.82, 2.24) is 25.0 Å². The van der Waals surface area contributed by atoms with Gasteiger partial charge in [-0.3, -0.25) is 4.79 Å². The van der Waals surface area contributed by atoms with E-state index in [2.05, 4.69) is 20.4 Å². The molecule has 0 radical (unpaired) electrons. The van der Waals surface area contributed by atoms with Gasteiger partial charge in [0.1, 0.15) is 5.82 Å². The minimum Gasteiger partial charge on any atom is -0.349 e. The first-order valence-electron chi connectivity index (χ1n) is 9.83. The van der Waals surface area contributed by atoms with Crippen molar-refractivity contribution in [3.8, 4) is 11.4 Å². The molecule has 0 aliphatic heterocycles. The van der Waals surface area contributed by atoms with Gasteiger partial charge in [0.15, 0.2) is 0 Å². The second kappa shape index (κ2) is 6.89. The zero-order chi connectivity index (χ0) is 19.1. The van der Waals surface area contributed by atoms with Gasteiger partial charge in [0.25, 0.3) is 0 Å². The summed E-state index contributed by atoms with van der Waals surface area (Å²) in [6.07, 6.45) is 6.91. The first-order valence-corrected chi connectivity index (χ1v) is 9.83. The number of carbonyl (C=O) groups is 1. The highest BCUT2D eigenvalue weighted by Gasteiger charge is 2.53. The molecule has 28 heavy (non-hydrogen) atoms. The Bertz CT molecular complexity index is 980. The SMILES string of the molecule is Cn1ccnc1CNC(=O)[C@H]1[C@H]2CC[C@H](C2)[C@@H]1c1nc(-c2ccccc2)no1. The van der Waals surface area contributed by atoms with Gasteiger partial charge >= 0.3 is 0 Å². The molecule has 2 heterocycles. The molecule has 2 fully saturated rings. The van der Waals surface area contributed by atoms with Crippen LogP contribution in [0.1, 0.15) is 36.9 Å². The minimum atomic E-state index is -0.108. The molecule has 7 heteroatoms. The van der Waals surface area contributed by atoms with Gasteiger partial charge < -0.3 is 14.4 Å². The highest BCUT2D eigenvalue weighted by Crippen LogP contribution is 2.56. The number of carbonyl (C=O) groups excluding carboxylic acids is 1. The fraction of sp³-hybridized carbons (Fsp3) is 0.429. The van der Waals surface area contributed by atoms with Crippen molar-refractivity contribution in [2.75, 3.05) is 0 Å². The standard InChI is InChI=1S/C21H23N5O2/c1-26-10-9-22-16(26)12-23-20(27)17-14-7-8-15(11-14)18(17)21-24-19(25-28-21)13-5-3-2-4-6-13/h2-6,9-10,14-15,17-18H,7-8,11-12H2,1H3,(H,23,27)/t14-,15+,17-,18-/m0/s1. The van der Waals surface area contributed by atoms with Crippen molar-refractivity contribution >= 4 is 5.91 Å². The first-order chi connectivity index (χ1) is 13.7. The molecule has 1 aromatic carbocycles. The van der Waals surface area contributed by atoms with E-state index in [1.54, 1.807) is 6.20 Å².